The summed E-state index contributed by atoms with van der Waals surface area (Å²) in [5.74, 6) is -0.606. The molecule has 1 fully saturated rings. The molecule has 2 aliphatic rings. The van der Waals surface area contributed by atoms with Crippen LogP contribution in [0, 0.1) is 11.3 Å². The summed E-state index contributed by atoms with van der Waals surface area (Å²) < 4.78 is 0. The van der Waals surface area contributed by atoms with Gasteiger partial charge in [-0.3, -0.25) is 14.5 Å². The Hall–Kier alpha value is -4.12. The molecule has 1 N–H and O–H groups in total. The number of nitriles is 1. The number of rotatable bonds is 6. The fraction of sp³-hybridized carbons (Fsp3) is 0.250. The Morgan fingerprint density at radius 1 is 1.00 bits per heavy atom. The molecule has 0 spiro atoms. The van der Waals surface area contributed by atoms with E-state index < -0.39 is 30.3 Å². The number of benzene rings is 2. The number of nitrogens with zero attached hydrogens (tertiary/aromatic N) is 4. The molecule has 162 valence electrons. The summed E-state index contributed by atoms with van der Waals surface area (Å²) in [4.78, 5) is 42.6. The zero-order valence-electron chi connectivity index (χ0n) is 17.9. The number of hydrogen-bond acceptors (Lipinski definition) is 6. The molecule has 2 aliphatic heterocycles. The van der Waals surface area contributed by atoms with Crippen molar-refractivity contribution in [2.75, 3.05) is 30.4 Å². The zero-order valence-corrected chi connectivity index (χ0v) is 17.9. The van der Waals surface area contributed by atoms with Crippen LogP contribution >= 0.6 is 0 Å². The van der Waals surface area contributed by atoms with E-state index in [4.69, 9.17) is 0 Å². The Morgan fingerprint density at radius 2 is 1.59 bits per heavy atom. The van der Waals surface area contributed by atoms with Crippen LogP contribution in [0.4, 0.5) is 16.2 Å². The van der Waals surface area contributed by atoms with E-state index >= 15 is 0 Å². The Balaban J connectivity index is 1.49. The lowest BCUT2D eigenvalue weighted by Crippen LogP contribution is -2.38. The number of imide groups is 1. The molecule has 8 heteroatoms. The van der Waals surface area contributed by atoms with E-state index in [1.54, 1.807) is 23.9 Å². The first-order chi connectivity index (χ1) is 15.4. The van der Waals surface area contributed by atoms with Crippen molar-refractivity contribution in [1.82, 2.24) is 10.2 Å². The average molecular weight is 429 g/mol. The van der Waals surface area contributed by atoms with Gasteiger partial charge in [0, 0.05) is 14.1 Å². The summed E-state index contributed by atoms with van der Waals surface area (Å²) >= 11 is 0. The summed E-state index contributed by atoms with van der Waals surface area (Å²) in [5.41, 5.74) is 2.69. The number of carbonyl (C=O) groups is 3. The second kappa shape index (κ2) is 8.55. The minimum atomic E-state index is -0.685. The van der Waals surface area contributed by atoms with Crippen molar-refractivity contribution in [2.24, 2.45) is 0 Å². The smallest absolute Gasteiger partial charge is 0.325 e. The highest BCUT2D eigenvalue weighted by Gasteiger charge is 2.40. The molecule has 4 rings (SSSR count). The molecule has 2 aromatic carbocycles. The molecular formula is C24H23N5O3. The number of urea groups is 1. The zero-order chi connectivity index (χ0) is 22.8. The highest BCUT2D eigenvalue weighted by Crippen LogP contribution is 2.40. The number of fused-ring (bicyclic) bond motifs is 1. The van der Waals surface area contributed by atoms with Crippen LogP contribution in [0.25, 0.3) is 0 Å². The van der Waals surface area contributed by atoms with Gasteiger partial charge in [-0.2, -0.15) is 5.26 Å². The highest BCUT2D eigenvalue weighted by molar-refractivity contribution is 6.11. The van der Waals surface area contributed by atoms with Gasteiger partial charge in [0.15, 0.2) is 5.78 Å². The maximum absolute atomic E-state index is 13.0. The number of nitrogens with one attached hydrogen (secondary N) is 1. The van der Waals surface area contributed by atoms with Crippen LogP contribution in [0.3, 0.4) is 0 Å². The average Bonchev–Trinajstić information content (AvgIpc) is 3.22. The normalized spacial score (nSPS) is 17.3. The van der Waals surface area contributed by atoms with Gasteiger partial charge in [0.1, 0.15) is 23.5 Å². The van der Waals surface area contributed by atoms with Gasteiger partial charge in [-0.1, -0.05) is 42.5 Å². The van der Waals surface area contributed by atoms with Gasteiger partial charge in [-0.05, 0) is 30.5 Å². The molecule has 0 unspecified atom stereocenters. The molecule has 32 heavy (non-hydrogen) atoms. The number of para-hydroxylation sites is 2. The third kappa shape index (κ3) is 3.69. The predicted octanol–water partition coefficient (Wildman–Crippen LogP) is 2.43. The summed E-state index contributed by atoms with van der Waals surface area (Å²) in [6.45, 7) is -0.475. The van der Waals surface area contributed by atoms with Crippen LogP contribution in [0.15, 0.2) is 66.0 Å². The predicted molar refractivity (Wildman–Crippen MR) is 120 cm³/mol. The number of aryl methyl sites for hydroxylation is 1. The summed E-state index contributed by atoms with van der Waals surface area (Å²) in [6, 6.07) is 17.9. The fourth-order valence-electron chi connectivity index (χ4n) is 4.16. The molecular weight excluding hydrogens is 406 g/mol. The van der Waals surface area contributed by atoms with Crippen LogP contribution in [0.2, 0.25) is 0 Å². The Kier molecular flexibility index (Phi) is 5.65. The fourth-order valence-corrected chi connectivity index (χ4v) is 4.16. The van der Waals surface area contributed by atoms with Crippen LogP contribution in [-0.4, -0.2) is 49.3 Å². The van der Waals surface area contributed by atoms with E-state index in [0.29, 0.717) is 18.7 Å². The number of Topliss-reactive ketones (excluding diaryl/α,β-unsaturated/α-hetero) is 1. The van der Waals surface area contributed by atoms with Gasteiger partial charge >= 0.3 is 6.03 Å². The van der Waals surface area contributed by atoms with Gasteiger partial charge in [0.25, 0.3) is 5.91 Å². The van der Waals surface area contributed by atoms with Gasteiger partial charge in [0.2, 0.25) is 0 Å². The largest absolute Gasteiger partial charge is 0.328 e. The lowest BCUT2D eigenvalue weighted by Gasteiger charge is -2.20. The van der Waals surface area contributed by atoms with Crippen LogP contribution in [-0.2, 0) is 16.0 Å². The molecule has 2 aromatic rings. The quantitative estimate of drug-likeness (QED) is 0.430. The van der Waals surface area contributed by atoms with Gasteiger partial charge in [-0.15, -0.1) is 0 Å². The molecule has 0 bridgehead atoms. The second-order valence-electron chi connectivity index (χ2n) is 7.79. The standard InChI is InChI=1S/C24H23N5O3/c1-27-19-10-6-7-11-20(19)28(2)22(27)17(14-25)21(30)15-29-23(31)18(26-24(29)32)13-12-16-8-4-3-5-9-16/h3-11,18H,12-13,15H2,1-2H3,(H,26,32)/t18-/m0/s1. The van der Waals surface area contributed by atoms with Gasteiger partial charge < -0.3 is 15.1 Å². The lowest BCUT2D eigenvalue weighted by atomic mass is 10.1. The number of carbonyl (C=O) groups excluding carboxylic acids is 3. The highest BCUT2D eigenvalue weighted by atomic mass is 16.2. The first kappa shape index (κ1) is 21.1. The van der Waals surface area contributed by atoms with E-state index in [2.05, 4.69) is 5.32 Å². The van der Waals surface area contributed by atoms with Crippen molar-refractivity contribution in [3.05, 3.63) is 71.6 Å². The van der Waals surface area contributed by atoms with Crippen molar-refractivity contribution >= 4 is 29.1 Å². The number of ketones is 1. The summed E-state index contributed by atoms with van der Waals surface area (Å²) in [6.07, 6.45) is 1.06. The van der Waals surface area contributed by atoms with E-state index in [0.717, 1.165) is 21.8 Å². The molecule has 0 aromatic heterocycles. The molecule has 0 saturated carbocycles. The molecule has 3 amide bonds. The first-order valence-electron chi connectivity index (χ1n) is 10.3. The van der Waals surface area contributed by atoms with E-state index in [9.17, 15) is 19.6 Å². The number of amides is 3. The monoisotopic (exact) mass is 429 g/mol. The van der Waals surface area contributed by atoms with Crippen molar-refractivity contribution in [1.29, 1.82) is 5.26 Å². The molecule has 0 radical (unpaired) electrons. The molecule has 0 aliphatic carbocycles. The third-order valence-electron chi connectivity index (χ3n) is 5.83. The Morgan fingerprint density at radius 3 is 2.19 bits per heavy atom. The van der Waals surface area contributed by atoms with Crippen molar-refractivity contribution in [3.63, 3.8) is 0 Å². The van der Waals surface area contributed by atoms with Crippen molar-refractivity contribution in [3.8, 4) is 6.07 Å². The summed E-state index contributed by atoms with van der Waals surface area (Å²) in [5, 5.41) is 12.4. The number of anilines is 2. The Labute approximate surface area is 186 Å². The first-order valence-corrected chi connectivity index (χ1v) is 10.3. The molecule has 1 atom stereocenters. The van der Waals surface area contributed by atoms with Crippen LogP contribution in [0.5, 0.6) is 0 Å². The van der Waals surface area contributed by atoms with Crippen LogP contribution < -0.4 is 15.1 Å². The van der Waals surface area contributed by atoms with Crippen molar-refractivity contribution in [2.45, 2.75) is 18.9 Å². The maximum Gasteiger partial charge on any atom is 0.325 e. The second-order valence-corrected chi connectivity index (χ2v) is 7.79. The molecule has 1 saturated heterocycles. The van der Waals surface area contributed by atoms with Crippen LogP contribution in [0.1, 0.15) is 12.0 Å². The van der Waals surface area contributed by atoms with Gasteiger partial charge in [-0.25, -0.2) is 4.79 Å². The minimum absolute atomic E-state index is 0.0977. The minimum Gasteiger partial charge on any atom is -0.328 e. The van der Waals surface area contributed by atoms with Gasteiger partial charge in [0.05, 0.1) is 17.9 Å². The topological polar surface area (TPSA) is 96.7 Å². The third-order valence-corrected chi connectivity index (χ3v) is 5.83. The molecule has 2 heterocycles. The maximum atomic E-state index is 13.0. The van der Waals surface area contributed by atoms with E-state index in [1.165, 1.54) is 0 Å². The lowest BCUT2D eigenvalue weighted by molar-refractivity contribution is -0.130. The summed E-state index contributed by atoms with van der Waals surface area (Å²) in [7, 11) is 3.55. The molecule has 8 nitrogen and oxygen atoms in total. The Bertz CT molecular complexity index is 1120. The van der Waals surface area contributed by atoms with E-state index in [1.807, 2.05) is 60.7 Å². The van der Waals surface area contributed by atoms with Crippen molar-refractivity contribution < 1.29 is 14.4 Å². The SMILES string of the molecule is CN1C(=C(C#N)C(=O)CN2C(=O)N[C@@H](CCc3ccccc3)C2=O)N(C)c2ccccc21. The van der Waals surface area contributed by atoms with E-state index in [-0.39, 0.29) is 5.57 Å². The number of hydrogen-bond donors (Lipinski definition) is 1.